The summed E-state index contributed by atoms with van der Waals surface area (Å²) in [5.41, 5.74) is 7.02. The van der Waals surface area contributed by atoms with E-state index in [1.807, 2.05) is 146 Å². The summed E-state index contributed by atoms with van der Waals surface area (Å²) >= 11 is 0. The molecule has 0 bridgehead atoms. The van der Waals surface area contributed by atoms with Gasteiger partial charge in [-0.25, -0.2) is 9.59 Å². The molecular formula is C38H31N5O2. The van der Waals surface area contributed by atoms with Crippen LogP contribution in [0.5, 0.6) is 0 Å². The van der Waals surface area contributed by atoms with Crippen molar-refractivity contribution in [2.45, 2.75) is 0 Å². The fourth-order valence-electron chi connectivity index (χ4n) is 5.02. The molecular weight excluding hydrogens is 558 g/mol. The molecule has 6 rings (SSSR count). The van der Waals surface area contributed by atoms with E-state index in [0.717, 1.165) is 34.1 Å². The topological polar surface area (TPSA) is 76.7 Å². The van der Waals surface area contributed by atoms with Gasteiger partial charge in [0.2, 0.25) is 0 Å². The third kappa shape index (κ3) is 7.18. The number of benzene rings is 6. The molecule has 0 aliphatic rings. The van der Waals surface area contributed by atoms with E-state index in [4.69, 9.17) is 0 Å². The largest absolute Gasteiger partial charge is 0.327 e. The normalized spacial score (nSPS) is 10.4. The summed E-state index contributed by atoms with van der Waals surface area (Å²) in [5.74, 6) is 0. The average molecular weight is 590 g/mol. The van der Waals surface area contributed by atoms with Gasteiger partial charge >= 0.3 is 12.1 Å². The number of carbonyl (C=O) groups is 2. The van der Waals surface area contributed by atoms with Crippen molar-refractivity contribution in [2.75, 3.05) is 20.4 Å². The first-order valence-corrected chi connectivity index (χ1v) is 14.5. The number of nitrogens with one attached hydrogen (secondary N) is 3. The Morgan fingerprint density at radius 2 is 0.578 bits per heavy atom. The van der Waals surface area contributed by atoms with Crippen LogP contribution in [0.25, 0.3) is 0 Å². The second-order valence-electron chi connectivity index (χ2n) is 10.1. The van der Waals surface area contributed by atoms with Crippen LogP contribution in [-0.2, 0) is 0 Å². The summed E-state index contributed by atoms with van der Waals surface area (Å²) in [6.07, 6.45) is 0. The van der Waals surface area contributed by atoms with Crippen LogP contribution in [0.3, 0.4) is 0 Å². The number of imide groups is 1. The molecule has 220 valence electrons. The molecule has 7 nitrogen and oxygen atoms in total. The standard InChI is InChI=1S/C38H31N5O2/c44-37(39-29-21-25-35(26-22-29)42(31-13-5-1-6-14-31)32-15-7-2-8-16-32)41-38(45)40-30-23-27-36(28-24-30)43(33-17-9-3-10-18-33)34-19-11-4-12-20-34/h1-28H,(H3,39,40,41,44,45). The molecule has 0 aromatic heterocycles. The summed E-state index contributed by atoms with van der Waals surface area (Å²) in [4.78, 5) is 29.5. The number of hydrogen-bond acceptors (Lipinski definition) is 4. The van der Waals surface area contributed by atoms with Gasteiger partial charge in [-0.2, -0.15) is 0 Å². The van der Waals surface area contributed by atoms with Crippen molar-refractivity contribution < 1.29 is 9.59 Å². The highest BCUT2D eigenvalue weighted by molar-refractivity contribution is 6.05. The van der Waals surface area contributed by atoms with Crippen LogP contribution < -0.4 is 25.8 Å². The first kappa shape index (κ1) is 28.8. The fraction of sp³-hybridized carbons (Fsp3) is 0. The van der Waals surface area contributed by atoms with Gasteiger partial charge in [0.15, 0.2) is 0 Å². The number of amides is 4. The quantitative estimate of drug-likeness (QED) is 0.165. The Bertz CT molecular complexity index is 1620. The van der Waals surface area contributed by atoms with Gasteiger partial charge in [0.25, 0.3) is 0 Å². The lowest BCUT2D eigenvalue weighted by molar-refractivity contribution is 0.240. The number of rotatable bonds is 8. The van der Waals surface area contributed by atoms with E-state index in [1.165, 1.54) is 0 Å². The average Bonchev–Trinajstić information content (AvgIpc) is 3.08. The lowest BCUT2D eigenvalue weighted by Crippen LogP contribution is -2.37. The third-order valence-corrected chi connectivity index (χ3v) is 7.05. The molecule has 0 unspecified atom stereocenters. The summed E-state index contributed by atoms with van der Waals surface area (Å²) < 4.78 is 0. The minimum Gasteiger partial charge on any atom is -0.311 e. The number of para-hydroxylation sites is 4. The number of carbonyl (C=O) groups excluding carboxylic acids is 2. The van der Waals surface area contributed by atoms with Gasteiger partial charge in [-0.15, -0.1) is 0 Å². The molecule has 7 heteroatoms. The molecule has 0 atom stereocenters. The maximum absolute atomic E-state index is 12.6. The van der Waals surface area contributed by atoms with Gasteiger partial charge in [-0.3, -0.25) is 5.32 Å². The lowest BCUT2D eigenvalue weighted by Gasteiger charge is -2.25. The van der Waals surface area contributed by atoms with Gasteiger partial charge in [0.05, 0.1) is 0 Å². The molecule has 0 saturated carbocycles. The van der Waals surface area contributed by atoms with Crippen LogP contribution in [0.15, 0.2) is 170 Å². The Kier molecular flexibility index (Phi) is 8.79. The lowest BCUT2D eigenvalue weighted by atomic mass is 10.2. The highest BCUT2D eigenvalue weighted by Crippen LogP contribution is 2.36. The Labute approximate surface area is 262 Å². The Hall–Kier alpha value is -6.34. The van der Waals surface area contributed by atoms with E-state index in [-0.39, 0.29) is 0 Å². The van der Waals surface area contributed by atoms with E-state index in [9.17, 15) is 9.59 Å². The molecule has 0 heterocycles. The Morgan fingerprint density at radius 1 is 0.333 bits per heavy atom. The smallest absolute Gasteiger partial charge is 0.311 e. The fourth-order valence-corrected chi connectivity index (χ4v) is 5.02. The van der Waals surface area contributed by atoms with E-state index in [2.05, 4.69) is 25.8 Å². The van der Waals surface area contributed by atoms with Gasteiger partial charge in [-0.05, 0) is 97.1 Å². The van der Waals surface area contributed by atoms with E-state index >= 15 is 0 Å². The van der Waals surface area contributed by atoms with Gasteiger partial charge < -0.3 is 20.4 Å². The molecule has 0 spiro atoms. The van der Waals surface area contributed by atoms with Gasteiger partial charge in [0.1, 0.15) is 0 Å². The van der Waals surface area contributed by atoms with Gasteiger partial charge in [-0.1, -0.05) is 72.8 Å². The highest BCUT2D eigenvalue weighted by Gasteiger charge is 2.14. The second kappa shape index (κ2) is 13.8. The number of anilines is 8. The third-order valence-electron chi connectivity index (χ3n) is 7.05. The van der Waals surface area contributed by atoms with Crippen molar-refractivity contribution in [3.8, 4) is 0 Å². The van der Waals surface area contributed by atoms with Crippen LogP contribution in [0.1, 0.15) is 0 Å². The predicted octanol–water partition coefficient (Wildman–Crippen LogP) is 9.98. The van der Waals surface area contributed by atoms with Crippen LogP contribution in [0.2, 0.25) is 0 Å². The minimum atomic E-state index is -0.640. The summed E-state index contributed by atoms with van der Waals surface area (Å²) in [6, 6.07) is 53.8. The second-order valence-corrected chi connectivity index (χ2v) is 10.1. The van der Waals surface area contributed by atoms with Crippen molar-refractivity contribution in [2.24, 2.45) is 0 Å². The first-order chi connectivity index (χ1) is 22.1. The Balaban J connectivity index is 1.08. The van der Waals surface area contributed by atoms with Crippen LogP contribution in [0, 0.1) is 0 Å². The molecule has 3 N–H and O–H groups in total. The SMILES string of the molecule is O=C(NC(=O)Nc1ccc(N(c2ccccc2)c2ccccc2)cc1)Nc1ccc(N(c2ccccc2)c2ccccc2)cc1. The van der Waals surface area contributed by atoms with Crippen molar-refractivity contribution in [1.29, 1.82) is 0 Å². The maximum atomic E-state index is 12.6. The highest BCUT2D eigenvalue weighted by atomic mass is 16.2. The van der Waals surface area contributed by atoms with Crippen molar-refractivity contribution in [3.63, 3.8) is 0 Å². The zero-order valence-corrected chi connectivity index (χ0v) is 24.4. The molecule has 45 heavy (non-hydrogen) atoms. The van der Waals surface area contributed by atoms with E-state index < -0.39 is 12.1 Å². The van der Waals surface area contributed by atoms with E-state index in [1.54, 1.807) is 24.3 Å². The molecule has 6 aromatic rings. The van der Waals surface area contributed by atoms with Crippen molar-refractivity contribution in [3.05, 3.63) is 170 Å². The summed E-state index contributed by atoms with van der Waals surface area (Å²) in [6.45, 7) is 0. The van der Waals surface area contributed by atoms with Gasteiger partial charge in [0, 0.05) is 45.5 Å². The molecule has 0 saturated heterocycles. The Morgan fingerprint density at radius 3 is 0.844 bits per heavy atom. The van der Waals surface area contributed by atoms with Crippen LogP contribution in [0.4, 0.5) is 55.1 Å². The van der Waals surface area contributed by atoms with Crippen molar-refractivity contribution in [1.82, 2.24) is 5.32 Å². The predicted molar refractivity (Wildman–Crippen MR) is 183 cm³/mol. The zero-order valence-electron chi connectivity index (χ0n) is 24.4. The number of urea groups is 2. The molecule has 4 amide bonds. The van der Waals surface area contributed by atoms with E-state index in [0.29, 0.717) is 11.4 Å². The number of hydrogen-bond donors (Lipinski definition) is 3. The van der Waals surface area contributed by atoms with Crippen LogP contribution >= 0.6 is 0 Å². The minimum absolute atomic E-state index is 0.552. The molecule has 0 fully saturated rings. The molecule has 6 aromatic carbocycles. The summed E-state index contributed by atoms with van der Waals surface area (Å²) in [5, 5.41) is 7.79. The van der Waals surface area contributed by atoms with Crippen molar-refractivity contribution >= 4 is 57.6 Å². The summed E-state index contributed by atoms with van der Waals surface area (Å²) in [7, 11) is 0. The maximum Gasteiger partial charge on any atom is 0.327 e. The molecule has 0 aliphatic heterocycles. The first-order valence-electron chi connectivity index (χ1n) is 14.5. The zero-order chi connectivity index (χ0) is 30.8. The monoisotopic (exact) mass is 589 g/mol. The number of nitrogens with zero attached hydrogens (tertiary/aromatic N) is 2. The van der Waals surface area contributed by atoms with Crippen LogP contribution in [-0.4, -0.2) is 12.1 Å². The molecule has 0 radical (unpaired) electrons. The molecule has 0 aliphatic carbocycles.